The highest BCUT2D eigenvalue weighted by Crippen LogP contribution is 2.10. The summed E-state index contributed by atoms with van der Waals surface area (Å²) >= 11 is 0. The van der Waals surface area contributed by atoms with Crippen molar-refractivity contribution in [3.05, 3.63) is 23.7 Å². The van der Waals surface area contributed by atoms with E-state index in [1.54, 1.807) is 0 Å². The lowest BCUT2D eigenvalue weighted by atomic mass is 10.2. The molecule has 0 aromatic carbocycles. The zero-order valence-corrected chi connectivity index (χ0v) is 10.5. The molecule has 5 heteroatoms. The molecular formula is C13H20N2O3. The number of aromatic carboxylic acids is 1. The van der Waals surface area contributed by atoms with Crippen molar-refractivity contribution < 1.29 is 14.3 Å². The molecule has 0 unspecified atom stereocenters. The van der Waals surface area contributed by atoms with Crippen molar-refractivity contribution >= 4 is 5.97 Å². The molecule has 2 heterocycles. The minimum absolute atomic E-state index is 0.252. The number of hydrogen-bond donors (Lipinski definition) is 2. The van der Waals surface area contributed by atoms with E-state index in [0.29, 0.717) is 12.3 Å². The van der Waals surface area contributed by atoms with Gasteiger partial charge < -0.3 is 19.7 Å². The predicted molar refractivity (Wildman–Crippen MR) is 67.7 cm³/mol. The van der Waals surface area contributed by atoms with Crippen molar-refractivity contribution in [1.29, 1.82) is 0 Å². The molecular weight excluding hydrogens is 232 g/mol. The van der Waals surface area contributed by atoms with E-state index in [9.17, 15) is 4.79 Å². The fourth-order valence-electron chi connectivity index (χ4n) is 2.30. The summed E-state index contributed by atoms with van der Waals surface area (Å²) < 4.78 is 5.15. The molecule has 1 aliphatic rings. The zero-order chi connectivity index (χ0) is 12.8. The van der Waals surface area contributed by atoms with E-state index in [4.69, 9.17) is 9.52 Å². The molecule has 2 N–H and O–H groups in total. The lowest BCUT2D eigenvalue weighted by Crippen LogP contribution is -2.24. The van der Waals surface area contributed by atoms with E-state index in [1.807, 2.05) is 0 Å². The maximum absolute atomic E-state index is 10.9. The third-order valence-electron chi connectivity index (χ3n) is 3.29. The molecule has 5 nitrogen and oxygen atoms in total. The van der Waals surface area contributed by atoms with Crippen LogP contribution < -0.4 is 5.32 Å². The first-order chi connectivity index (χ1) is 8.77. The number of likely N-dealkylation sites (tertiary alicyclic amines) is 1. The minimum atomic E-state index is -0.933. The van der Waals surface area contributed by atoms with Gasteiger partial charge >= 0.3 is 5.97 Å². The van der Waals surface area contributed by atoms with Gasteiger partial charge in [0.15, 0.2) is 0 Å². The van der Waals surface area contributed by atoms with Crippen LogP contribution in [0.15, 0.2) is 16.7 Å². The van der Waals surface area contributed by atoms with Gasteiger partial charge in [-0.25, -0.2) is 4.79 Å². The standard InChI is InChI=1S/C13H20N2O3/c16-13(17)11-4-9-18-12(11)10-14-5-3-8-15-6-1-2-7-15/h4,9,14H,1-3,5-8,10H2,(H,16,17). The Morgan fingerprint density at radius 1 is 1.44 bits per heavy atom. The molecule has 1 saturated heterocycles. The molecule has 100 valence electrons. The SMILES string of the molecule is O=C(O)c1ccoc1CNCCCN1CCCC1. The second-order valence-electron chi connectivity index (χ2n) is 4.64. The normalized spacial score (nSPS) is 16.2. The van der Waals surface area contributed by atoms with E-state index in [-0.39, 0.29) is 5.56 Å². The Morgan fingerprint density at radius 3 is 2.94 bits per heavy atom. The van der Waals surface area contributed by atoms with Gasteiger partial charge in [-0.15, -0.1) is 0 Å². The highest BCUT2D eigenvalue weighted by molar-refractivity contribution is 5.88. The smallest absolute Gasteiger partial charge is 0.339 e. The Hall–Kier alpha value is -1.33. The van der Waals surface area contributed by atoms with Crippen LogP contribution in [-0.4, -0.2) is 42.2 Å². The van der Waals surface area contributed by atoms with Crippen molar-refractivity contribution in [1.82, 2.24) is 10.2 Å². The summed E-state index contributed by atoms with van der Waals surface area (Å²) in [5.41, 5.74) is 0.252. The number of carbonyl (C=O) groups is 1. The van der Waals surface area contributed by atoms with Crippen LogP contribution in [0.4, 0.5) is 0 Å². The topological polar surface area (TPSA) is 65.7 Å². The van der Waals surface area contributed by atoms with Crippen LogP contribution in [0.1, 0.15) is 35.4 Å². The molecule has 0 saturated carbocycles. The molecule has 1 aromatic rings. The molecule has 0 aliphatic carbocycles. The van der Waals surface area contributed by atoms with E-state index in [2.05, 4.69) is 10.2 Å². The lowest BCUT2D eigenvalue weighted by molar-refractivity contribution is 0.0694. The quantitative estimate of drug-likeness (QED) is 0.721. The molecule has 1 fully saturated rings. The van der Waals surface area contributed by atoms with Gasteiger partial charge in [-0.3, -0.25) is 0 Å². The lowest BCUT2D eigenvalue weighted by Gasteiger charge is -2.14. The first-order valence-corrected chi connectivity index (χ1v) is 6.50. The van der Waals surface area contributed by atoms with Gasteiger partial charge in [0, 0.05) is 0 Å². The fraction of sp³-hybridized carbons (Fsp3) is 0.615. The molecule has 1 aliphatic heterocycles. The van der Waals surface area contributed by atoms with Crippen LogP contribution in [0.3, 0.4) is 0 Å². The van der Waals surface area contributed by atoms with Gasteiger partial charge in [-0.1, -0.05) is 0 Å². The summed E-state index contributed by atoms with van der Waals surface area (Å²) in [6.07, 6.45) is 5.15. The second kappa shape index (κ2) is 6.56. The summed E-state index contributed by atoms with van der Waals surface area (Å²) in [6.45, 7) is 4.94. The number of furan rings is 1. The Bertz CT molecular complexity index is 383. The van der Waals surface area contributed by atoms with Gasteiger partial charge in [-0.2, -0.15) is 0 Å². The Morgan fingerprint density at radius 2 is 2.22 bits per heavy atom. The number of nitrogens with one attached hydrogen (secondary N) is 1. The van der Waals surface area contributed by atoms with Gasteiger partial charge in [0.1, 0.15) is 11.3 Å². The summed E-state index contributed by atoms with van der Waals surface area (Å²) in [4.78, 5) is 13.3. The third kappa shape index (κ3) is 3.58. The van der Waals surface area contributed by atoms with Crippen molar-refractivity contribution in [2.75, 3.05) is 26.2 Å². The van der Waals surface area contributed by atoms with Crippen LogP contribution in [0, 0.1) is 0 Å². The molecule has 0 radical (unpaired) electrons. The summed E-state index contributed by atoms with van der Waals surface area (Å²) in [6, 6.07) is 1.49. The van der Waals surface area contributed by atoms with Crippen LogP contribution >= 0.6 is 0 Å². The van der Waals surface area contributed by atoms with Crippen LogP contribution in [0.2, 0.25) is 0 Å². The third-order valence-corrected chi connectivity index (χ3v) is 3.29. The van der Waals surface area contributed by atoms with E-state index in [0.717, 1.165) is 19.5 Å². The molecule has 0 bridgehead atoms. The largest absolute Gasteiger partial charge is 0.478 e. The van der Waals surface area contributed by atoms with Crippen molar-refractivity contribution in [3.63, 3.8) is 0 Å². The second-order valence-corrected chi connectivity index (χ2v) is 4.64. The first kappa shape index (κ1) is 13.1. The summed E-state index contributed by atoms with van der Waals surface area (Å²) in [5.74, 6) is -0.429. The van der Waals surface area contributed by atoms with E-state index in [1.165, 1.54) is 38.3 Å². The average Bonchev–Trinajstić information content (AvgIpc) is 2.98. The predicted octanol–water partition coefficient (Wildman–Crippen LogP) is 1.55. The molecule has 2 rings (SSSR count). The molecule has 0 spiro atoms. The van der Waals surface area contributed by atoms with E-state index < -0.39 is 5.97 Å². The summed E-state index contributed by atoms with van der Waals surface area (Å²) in [7, 11) is 0. The van der Waals surface area contributed by atoms with Gasteiger partial charge in [0.2, 0.25) is 0 Å². The van der Waals surface area contributed by atoms with Gasteiger partial charge in [0.25, 0.3) is 0 Å². The van der Waals surface area contributed by atoms with E-state index >= 15 is 0 Å². The van der Waals surface area contributed by atoms with Crippen molar-refractivity contribution in [3.8, 4) is 0 Å². The number of hydrogen-bond acceptors (Lipinski definition) is 4. The van der Waals surface area contributed by atoms with Crippen LogP contribution in [0.25, 0.3) is 0 Å². The Kier molecular flexibility index (Phi) is 4.78. The van der Waals surface area contributed by atoms with Gasteiger partial charge in [-0.05, 0) is 51.5 Å². The molecule has 0 atom stereocenters. The Balaban J connectivity index is 1.62. The summed E-state index contributed by atoms with van der Waals surface area (Å²) in [5, 5.41) is 12.1. The van der Waals surface area contributed by atoms with Crippen LogP contribution in [-0.2, 0) is 6.54 Å². The minimum Gasteiger partial charge on any atom is -0.478 e. The number of carboxylic acids is 1. The number of nitrogens with zero attached hydrogens (tertiary/aromatic N) is 1. The van der Waals surface area contributed by atoms with Crippen LogP contribution in [0.5, 0.6) is 0 Å². The number of rotatable bonds is 7. The maximum Gasteiger partial charge on any atom is 0.339 e. The fourth-order valence-corrected chi connectivity index (χ4v) is 2.30. The van der Waals surface area contributed by atoms with Gasteiger partial charge in [0.05, 0.1) is 12.8 Å². The Labute approximate surface area is 107 Å². The first-order valence-electron chi connectivity index (χ1n) is 6.50. The maximum atomic E-state index is 10.9. The molecule has 0 amide bonds. The zero-order valence-electron chi connectivity index (χ0n) is 10.5. The molecule has 18 heavy (non-hydrogen) atoms. The monoisotopic (exact) mass is 252 g/mol. The highest BCUT2D eigenvalue weighted by atomic mass is 16.4. The van der Waals surface area contributed by atoms with Crippen molar-refractivity contribution in [2.45, 2.75) is 25.8 Å². The van der Waals surface area contributed by atoms with Crippen molar-refractivity contribution in [2.24, 2.45) is 0 Å². The molecule has 1 aromatic heterocycles. The highest BCUT2D eigenvalue weighted by Gasteiger charge is 2.13. The average molecular weight is 252 g/mol. The number of carboxylic acid groups (broad SMARTS) is 1.